The molecule has 0 saturated carbocycles. The third-order valence-corrected chi connectivity index (χ3v) is 3.19. The first-order valence-corrected chi connectivity index (χ1v) is 7.50. The van der Waals surface area contributed by atoms with E-state index >= 15 is 0 Å². The van der Waals surface area contributed by atoms with Gasteiger partial charge < -0.3 is 20.4 Å². The Morgan fingerprint density at radius 2 is 1.91 bits per heavy atom. The molecule has 7 heteroatoms. The van der Waals surface area contributed by atoms with Crippen LogP contribution in [0.5, 0.6) is 0 Å². The van der Waals surface area contributed by atoms with Gasteiger partial charge in [-0.25, -0.2) is 0 Å². The van der Waals surface area contributed by atoms with Gasteiger partial charge in [0.1, 0.15) is 5.76 Å². The fourth-order valence-corrected chi connectivity index (χ4v) is 2.00. The third-order valence-electron chi connectivity index (χ3n) is 2.98. The van der Waals surface area contributed by atoms with Gasteiger partial charge in [0, 0.05) is 17.7 Å². The van der Waals surface area contributed by atoms with Crippen molar-refractivity contribution < 1.29 is 14.0 Å². The van der Waals surface area contributed by atoms with Gasteiger partial charge in [-0.2, -0.15) is 0 Å². The second-order valence-corrected chi connectivity index (χ2v) is 5.10. The number of carbonyl (C=O) groups is 2. The van der Waals surface area contributed by atoms with Crippen molar-refractivity contribution in [3.8, 4) is 0 Å². The van der Waals surface area contributed by atoms with Crippen LogP contribution in [0.15, 0.2) is 47.1 Å². The Labute approximate surface area is 139 Å². The van der Waals surface area contributed by atoms with Gasteiger partial charge in [0.2, 0.25) is 5.91 Å². The highest BCUT2D eigenvalue weighted by Crippen LogP contribution is 2.10. The molecule has 0 bridgehead atoms. The number of furan rings is 1. The molecule has 23 heavy (non-hydrogen) atoms. The maximum absolute atomic E-state index is 12.0. The van der Waals surface area contributed by atoms with E-state index in [1.807, 2.05) is 0 Å². The topological polar surface area (TPSA) is 83.4 Å². The molecule has 2 amide bonds. The highest BCUT2D eigenvalue weighted by Gasteiger charge is 2.07. The third kappa shape index (κ3) is 5.23. The number of carbonyl (C=O) groups excluding carboxylic acids is 2. The minimum absolute atomic E-state index is 0.156. The normalized spacial score (nSPS) is 9.96. The Morgan fingerprint density at radius 1 is 1.17 bits per heavy atom. The first-order chi connectivity index (χ1) is 11.1. The van der Waals surface area contributed by atoms with E-state index in [0.29, 0.717) is 30.0 Å². The number of anilines is 1. The quantitative estimate of drug-likeness (QED) is 0.733. The zero-order valence-corrected chi connectivity index (χ0v) is 13.4. The average Bonchev–Trinajstić information content (AvgIpc) is 3.06. The molecule has 1 heterocycles. The number of thiocarbonyl (C=S) groups is 1. The van der Waals surface area contributed by atoms with Crippen LogP contribution >= 0.6 is 12.2 Å². The Kier molecular flexibility index (Phi) is 5.87. The van der Waals surface area contributed by atoms with Gasteiger partial charge in [-0.3, -0.25) is 9.59 Å². The first kappa shape index (κ1) is 16.7. The molecule has 0 aliphatic carbocycles. The molecule has 120 valence electrons. The summed E-state index contributed by atoms with van der Waals surface area (Å²) in [6.07, 6.45) is 1.92. The first-order valence-electron chi connectivity index (χ1n) is 7.10. The molecule has 0 atom stereocenters. The highest BCUT2D eigenvalue weighted by atomic mass is 32.1. The summed E-state index contributed by atoms with van der Waals surface area (Å²) in [5.41, 5.74) is 1.21. The molecule has 0 unspecified atom stereocenters. The van der Waals surface area contributed by atoms with E-state index in [0.717, 1.165) is 0 Å². The van der Waals surface area contributed by atoms with Gasteiger partial charge >= 0.3 is 0 Å². The molecule has 6 nitrogen and oxygen atoms in total. The highest BCUT2D eigenvalue weighted by molar-refractivity contribution is 7.80. The lowest BCUT2D eigenvalue weighted by Crippen LogP contribution is -2.33. The van der Waals surface area contributed by atoms with Gasteiger partial charge in [-0.15, -0.1) is 0 Å². The summed E-state index contributed by atoms with van der Waals surface area (Å²) in [5, 5.41) is 8.41. The van der Waals surface area contributed by atoms with Gasteiger partial charge in [0.15, 0.2) is 5.11 Å². The predicted molar refractivity (Wildman–Crippen MR) is 91.0 cm³/mol. The summed E-state index contributed by atoms with van der Waals surface area (Å²) in [6, 6.07) is 10.3. The van der Waals surface area contributed by atoms with Crippen LogP contribution in [0.4, 0.5) is 5.69 Å². The Bertz CT molecular complexity index is 681. The lowest BCUT2D eigenvalue weighted by Gasteiger charge is -2.09. The van der Waals surface area contributed by atoms with Crippen LogP contribution in [-0.2, 0) is 11.3 Å². The molecule has 1 aromatic carbocycles. The van der Waals surface area contributed by atoms with Crippen LogP contribution in [-0.4, -0.2) is 16.9 Å². The second-order valence-electron chi connectivity index (χ2n) is 4.70. The molecular weight excluding hydrogens is 314 g/mol. The lowest BCUT2D eigenvalue weighted by atomic mass is 10.2. The molecule has 0 aliphatic heterocycles. The van der Waals surface area contributed by atoms with E-state index in [1.54, 1.807) is 49.6 Å². The van der Waals surface area contributed by atoms with Gasteiger partial charge in [-0.05, 0) is 48.6 Å². The number of benzene rings is 1. The minimum atomic E-state index is -0.199. The smallest absolute Gasteiger partial charge is 0.251 e. The van der Waals surface area contributed by atoms with Crippen molar-refractivity contribution in [3.05, 3.63) is 54.0 Å². The van der Waals surface area contributed by atoms with Crippen LogP contribution in [0.2, 0.25) is 0 Å². The van der Waals surface area contributed by atoms with Crippen molar-refractivity contribution in [1.82, 2.24) is 10.6 Å². The van der Waals surface area contributed by atoms with E-state index in [2.05, 4.69) is 16.0 Å². The zero-order valence-electron chi connectivity index (χ0n) is 12.6. The van der Waals surface area contributed by atoms with E-state index in [4.69, 9.17) is 16.6 Å². The van der Waals surface area contributed by atoms with E-state index in [9.17, 15) is 9.59 Å². The number of hydrogen-bond acceptors (Lipinski definition) is 4. The van der Waals surface area contributed by atoms with Gasteiger partial charge in [-0.1, -0.05) is 6.92 Å². The van der Waals surface area contributed by atoms with Crippen molar-refractivity contribution in [2.45, 2.75) is 19.9 Å². The molecule has 0 saturated heterocycles. The summed E-state index contributed by atoms with van der Waals surface area (Å²) in [6.45, 7) is 2.08. The van der Waals surface area contributed by atoms with E-state index < -0.39 is 0 Å². The van der Waals surface area contributed by atoms with Gasteiger partial charge in [0.25, 0.3) is 5.91 Å². The Balaban J connectivity index is 1.87. The summed E-state index contributed by atoms with van der Waals surface area (Å²) in [4.78, 5) is 23.2. The second kappa shape index (κ2) is 8.09. The SMILES string of the molecule is CCC(=O)NC(=S)Nc1ccc(C(=O)NCc2ccco2)cc1. The van der Waals surface area contributed by atoms with E-state index in [-0.39, 0.29) is 16.9 Å². The predicted octanol–water partition coefficient (Wildman–Crippen LogP) is 2.43. The van der Waals surface area contributed by atoms with Crippen molar-refractivity contribution in [1.29, 1.82) is 0 Å². The van der Waals surface area contributed by atoms with Crippen molar-refractivity contribution in [2.24, 2.45) is 0 Å². The lowest BCUT2D eigenvalue weighted by molar-refractivity contribution is -0.119. The number of amides is 2. The summed E-state index contributed by atoms with van der Waals surface area (Å²) in [7, 11) is 0. The van der Waals surface area contributed by atoms with Gasteiger partial charge in [0.05, 0.1) is 12.8 Å². The van der Waals surface area contributed by atoms with E-state index in [1.165, 1.54) is 0 Å². The Hall–Kier alpha value is -2.67. The van der Waals surface area contributed by atoms with Crippen molar-refractivity contribution in [2.75, 3.05) is 5.32 Å². The fourth-order valence-electron chi connectivity index (χ4n) is 1.76. The zero-order chi connectivity index (χ0) is 16.7. The summed E-state index contributed by atoms with van der Waals surface area (Å²) in [5.74, 6) is 0.333. The minimum Gasteiger partial charge on any atom is -0.467 e. The Morgan fingerprint density at radius 3 is 2.52 bits per heavy atom. The average molecular weight is 331 g/mol. The van der Waals surface area contributed by atoms with Crippen LogP contribution in [0.3, 0.4) is 0 Å². The maximum atomic E-state index is 12.0. The van der Waals surface area contributed by atoms with Crippen LogP contribution < -0.4 is 16.0 Å². The molecule has 0 radical (unpaired) electrons. The monoisotopic (exact) mass is 331 g/mol. The molecule has 0 aliphatic rings. The molecular formula is C16H17N3O3S. The maximum Gasteiger partial charge on any atom is 0.251 e. The molecule has 0 fully saturated rings. The molecule has 1 aromatic heterocycles. The molecule has 2 aromatic rings. The van der Waals surface area contributed by atoms with Crippen molar-refractivity contribution in [3.63, 3.8) is 0 Å². The standard InChI is InChI=1S/C16H17N3O3S/c1-2-14(20)19-16(23)18-12-7-5-11(6-8-12)15(21)17-10-13-4-3-9-22-13/h3-9H,2,10H2,1H3,(H,17,21)(H2,18,19,20,23). The summed E-state index contributed by atoms with van der Waals surface area (Å²) < 4.78 is 5.15. The van der Waals surface area contributed by atoms with Crippen LogP contribution in [0.25, 0.3) is 0 Å². The number of hydrogen-bond donors (Lipinski definition) is 3. The molecule has 0 spiro atoms. The van der Waals surface area contributed by atoms with Crippen LogP contribution in [0, 0.1) is 0 Å². The fraction of sp³-hybridized carbons (Fsp3) is 0.188. The summed E-state index contributed by atoms with van der Waals surface area (Å²) >= 11 is 5.02. The van der Waals surface area contributed by atoms with Crippen molar-refractivity contribution >= 4 is 34.8 Å². The molecule has 3 N–H and O–H groups in total. The number of rotatable bonds is 5. The van der Waals surface area contributed by atoms with Crippen LogP contribution in [0.1, 0.15) is 29.5 Å². The molecule has 2 rings (SSSR count). The number of nitrogens with one attached hydrogen (secondary N) is 3. The largest absolute Gasteiger partial charge is 0.467 e.